The minimum absolute atomic E-state index is 0.0134. The Labute approximate surface area is 154 Å². The maximum Gasteiger partial charge on any atom is 0.433 e. The second-order valence-corrected chi connectivity index (χ2v) is 7.15. The van der Waals surface area contributed by atoms with Crippen molar-refractivity contribution in [2.24, 2.45) is 0 Å². The molecule has 146 valence electrons. The molecule has 27 heavy (non-hydrogen) atoms. The number of halogens is 3. The Balaban J connectivity index is 1.58. The van der Waals surface area contributed by atoms with Crippen molar-refractivity contribution < 1.29 is 22.7 Å². The van der Waals surface area contributed by atoms with E-state index in [-0.39, 0.29) is 29.6 Å². The van der Waals surface area contributed by atoms with Crippen molar-refractivity contribution in [1.29, 1.82) is 0 Å². The summed E-state index contributed by atoms with van der Waals surface area (Å²) >= 11 is 0. The Morgan fingerprint density at radius 1 is 1.22 bits per heavy atom. The van der Waals surface area contributed by atoms with Gasteiger partial charge in [0.1, 0.15) is 11.2 Å². The number of hydrogen-bond donors (Lipinski definition) is 1. The maximum absolute atomic E-state index is 13.0. The number of alkyl halides is 3. The van der Waals surface area contributed by atoms with Gasteiger partial charge < -0.3 is 4.74 Å². The average molecular weight is 382 g/mol. The van der Waals surface area contributed by atoms with Crippen molar-refractivity contribution in [3.05, 3.63) is 17.8 Å². The largest absolute Gasteiger partial charge is 0.433 e. The molecule has 4 rings (SSSR count). The smallest absolute Gasteiger partial charge is 0.378 e. The van der Waals surface area contributed by atoms with Crippen molar-refractivity contribution in [3.8, 4) is 0 Å². The monoisotopic (exact) mass is 382 g/mol. The van der Waals surface area contributed by atoms with Gasteiger partial charge in [-0.3, -0.25) is 14.7 Å². The Kier molecular flexibility index (Phi) is 4.79. The Morgan fingerprint density at radius 2 is 2.04 bits per heavy atom. The molecule has 1 N–H and O–H groups in total. The first kappa shape index (κ1) is 18.2. The molecule has 0 bridgehead atoms. The molecule has 1 amide bonds. The topological polar surface area (TPSA) is 69.0 Å². The quantitative estimate of drug-likeness (QED) is 0.846. The fourth-order valence-corrected chi connectivity index (χ4v) is 3.56. The van der Waals surface area contributed by atoms with E-state index >= 15 is 0 Å². The molecular formula is C18H21F3N4O2. The number of anilines is 1. The molecule has 1 unspecified atom stereocenters. The SMILES string of the molecule is O=C(CCC1CCCO1)Nc1nc2ccc(C(F)(F)F)nc2n1C1CCC1. The van der Waals surface area contributed by atoms with Crippen LogP contribution in [0.25, 0.3) is 11.2 Å². The van der Waals surface area contributed by atoms with Gasteiger partial charge in [-0.15, -0.1) is 0 Å². The number of rotatable bonds is 5. The molecule has 3 heterocycles. The van der Waals surface area contributed by atoms with Crippen molar-refractivity contribution in [3.63, 3.8) is 0 Å². The van der Waals surface area contributed by atoms with Crippen LogP contribution in [0.2, 0.25) is 0 Å². The van der Waals surface area contributed by atoms with Gasteiger partial charge in [-0.1, -0.05) is 0 Å². The van der Waals surface area contributed by atoms with Crippen molar-refractivity contribution >= 4 is 23.0 Å². The van der Waals surface area contributed by atoms with E-state index < -0.39 is 11.9 Å². The first-order valence-corrected chi connectivity index (χ1v) is 9.29. The molecule has 9 heteroatoms. The van der Waals surface area contributed by atoms with Crippen LogP contribution in [0.1, 0.15) is 56.7 Å². The predicted octanol–water partition coefficient (Wildman–Crippen LogP) is 4.07. The molecule has 1 saturated heterocycles. The van der Waals surface area contributed by atoms with Gasteiger partial charge in [-0.25, -0.2) is 9.97 Å². The van der Waals surface area contributed by atoms with Crippen molar-refractivity contribution in [2.45, 2.75) is 63.3 Å². The van der Waals surface area contributed by atoms with E-state index in [1.807, 2.05) is 0 Å². The summed E-state index contributed by atoms with van der Waals surface area (Å²) in [6.07, 6.45) is 1.14. The number of pyridine rings is 1. The first-order chi connectivity index (χ1) is 12.9. The van der Waals surface area contributed by atoms with E-state index in [9.17, 15) is 18.0 Å². The Bertz CT molecular complexity index is 839. The third-order valence-corrected chi connectivity index (χ3v) is 5.24. The molecule has 1 aliphatic heterocycles. The molecule has 6 nitrogen and oxygen atoms in total. The lowest BCUT2D eigenvalue weighted by Crippen LogP contribution is -2.23. The van der Waals surface area contributed by atoms with Gasteiger partial charge in [0.15, 0.2) is 5.65 Å². The van der Waals surface area contributed by atoms with E-state index in [2.05, 4.69) is 15.3 Å². The second kappa shape index (κ2) is 7.10. The van der Waals surface area contributed by atoms with Crippen molar-refractivity contribution in [2.75, 3.05) is 11.9 Å². The average Bonchev–Trinajstić information content (AvgIpc) is 3.19. The summed E-state index contributed by atoms with van der Waals surface area (Å²) in [5, 5.41) is 2.77. The number of ether oxygens (including phenoxy) is 1. The molecule has 0 spiro atoms. The highest BCUT2D eigenvalue weighted by Gasteiger charge is 2.34. The van der Waals surface area contributed by atoms with Crippen LogP contribution in [-0.4, -0.2) is 33.2 Å². The lowest BCUT2D eigenvalue weighted by atomic mass is 9.93. The molecule has 2 aromatic rings. The van der Waals surface area contributed by atoms with Gasteiger partial charge in [0.25, 0.3) is 0 Å². The highest BCUT2D eigenvalue weighted by Crippen LogP contribution is 2.38. The van der Waals surface area contributed by atoms with E-state index in [0.717, 1.165) is 44.8 Å². The number of nitrogens with zero attached hydrogens (tertiary/aromatic N) is 3. The molecule has 0 radical (unpaired) electrons. The number of carbonyl (C=O) groups excluding carboxylic acids is 1. The number of aromatic nitrogens is 3. The zero-order chi connectivity index (χ0) is 19.0. The second-order valence-electron chi connectivity index (χ2n) is 7.15. The summed E-state index contributed by atoms with van der Waals surface area (Å²) in [5.41, 5.74) is -0.431. The van der Waals surface area contributed by atoms with Gasteiger partial charge in [-0.2, -0.15) is 13.2 Å². The summed E-state index contributed by atoms with van der Waals surface area (Å²) in [5.74, 6) is 0.0660. The van der Waals surface area contributed by atoms with Gasteiger partial charge in [0, 0.05) is 19.1 Å². The number of imidazole rings is 1. The zero-order valence-corrected chi connectivity index (χ0v) is 14.8. The minimum Gasteiger partial charge on any atom is -0.378 e. The molecular weight excluding hydrogens is 361 g/mol. The van der Waals surface area contributed by atoms with Crippen LogP contribution in [0, 0.1) is 0 Å². The molecule has 2 fully saturated rings. The summed E-state index contributed by atoms with van der Waals surface area (Å²) in [4.78, 5) is 20.5. The van der Waals surface area contributed by atoms with E-state index in [4.69, 9.17) is 4.74 Å². The van der Waals surface area contributed by atoms with Gasteiger partial charge in [-0.05, 0) is 50.7 Å². The summed E-state index contributed by atoms with van der Waals surface area (Å²) in [6, 6.07) is 2.24. The van der Waals surface area contributed by atoms with E-state index in [0.29, 0.717) is 18.4 Å². The fraction of sp³-hybridized carbons (Fsp3) is 0.611. The predicted molar refractivity (Wildman–Crippen MR) is 92.3 cm³/mol. The lowest BCUT2D eigenvalue weighted by molar-refractivity contribution is -0.141. The van der Waals surface area contributed by atoms with Crippen LogP contribution in [0.4, 0.5) is 19.1 Å². The van der Waals surface area contributed by atoms with Crippen LogP contribution >= 0.6 is 0 Å². The van der Waals surface area contributed by atoms with Crippen LogP contribution in [0.15, 0.2) is 12.1 Å². The molecule has 0 aromatic carbocycles. The maximum atomic E-state index is 13.0. The van der Waals surface area contributed by atoms with E-state index in [1.165, 1.54) is 6.07 Å². The number of nitrogens with one attached hydrogen (secondary N) is 1. The van der Waals surface area contributed by atoms with Crippen LogP contribution in [0.5, 0.6) is 0 Å². The number of amides is 1. The lowest BCUT2D eigenvalue weighted by Gasteiger charge is -2.28. The number of carbonyl (C=O) groups is 1. The third-order valence-electron chi connectivity index (χ3n) is 5.24. The van der Waals surface area contributed by atoms with Crippen LogP contribution in [0.3, 0.4) is 0 Å². The third kappa shape index (κ3) is 3.78. The van der Waals surface area contributed by atoms with Gasteiger partial charge in [0.05, 0.1) is 6.10 Å². The Hall–Kier alpha value is -2.16. The van der Waals surface area contributed by atoms with Crippen LogP contribution < -0.4 is 5.32 Å². The molecule has 1 saturated carbocycles. The number of fused-ring (bicyclic) bond motifs is 1. The molecule has 2 aromatic heterocycles. The summed E-state index contributed by atoms with van der Waals surface area (Å²) < 4.78 is 46.3. The summed E-state index contributed by atoms with van der Waals surface area (Å²) in [6.45, 7) is 0.733. The highest BCUT2D eigenvalue weighted by atomic mass is 19.4. The highest BCUT2D eigenvalue weighted by molar-refractivity contribution is 5.91. The zero-order valence-electron chi connectivity index (χ0n) is 14.8. The molecule has 2 aliphatic rings. The minimum atomic E-state index is -4.52. The van der Waals surface area contributed by atoms with Crippen molar-refractivity contribution in [1.82, 2.24) is 14.5 Å². The first-order valence-electron chi connectivity index (χ1n) is 9.29. The van der Waals surface area contributed by atoms with E-state index in [1.54, 1.807) is 4.57 Å². The summed E-state index contributed by atoms with van der Waals surface area (Å²) in [7, 11) is 0. The molecule has 1 atom stereocenters. The Morgan fingerprint density at radius 3 is 2.67 bits per heavy atom. The normalized spacial score (nSPS) is 20.8. The van der Waals surface area contributed by atoms with Crippen LogP contribution in [-0.2, 0) is 15.7 Å². The molecule has 1 aliphatic carbocycles. The van der Waals surface area contributed by atoms with Gasteiger partial charge >= 0.3 is 6.18 Å². The fourth-order valence-electron chi connectivity index (χ4n) is 3.56. The number of hydrogen-bond acceptors (Lipinski definition) is 4. The standard InChI is InChI=1S/C18H21F3N4O2/c19-18(20,21)14-8-7-13-16(23-14)25(11-3-1-4-11)17(22-13)24-15(26)9-6-12-5-2-10-27-12/h7-8,11-12H,1-6,9-10H2,(H,22,24,26). The van der Waals surface area contributed by atoms with Gasteiger partial charge in [0.2, 0.25) is 11.9 Å².